The van der Waals surface area contributed by atoms with Crippen molar-refractivity contribution in [1.29, 1.82) is 0 Å². The third-order valence-corrected chi connectivity index (χ3v) is 4.03. The molecule has 1 atom stereocenters. The number of primary amides is 1. The molecule has 4 N–H and O–H groups in total. The van der Waals surface area contributed by atoms with Gasteiger partial charge in [0.15, 0.2) is 0 Å². The summed E-state index contributed by atoms with van der Waals surface area (Å²) in [4.78, 5) is 23.4. The van der Waals surface area contributed by atoms with E-state index in [1.165, 1.54) is 0 Å². The number of rotatable bonds is 7. The number of nitrogens with one attached hydrogen (secondary N) is 2. The lowest BCUT2D eigenvalue weighted by molar-refractivity contribution is -0.122. The molecule has 1 unspecified atom stereocenters. The lowest BCUT2D eigenvalue weighted by Crippen LogP contribution is -2.36. The van der Waals surface area contributed by atoms with Crippen LogP contribution < -0.4 is 16.4 Å². The SMILES string of the molecule is CC(C)CCC(C)NC(=O)Nc1ccc(C(C)(C)C(N)=O)cc1. The second-order valence-corrected chi connectivity index (χ2v) is 7.04. The zero-order valence-corrected chi connectivity index (χ0v) is 14.8. The Bertz CT molecular complexity index is 536. The van der Waals surface area contributed by atoms with Gasteiger partial charge in [-0.15, -0.1) is 0 Å². The number of amides is 3. The van der Waals surface area contributed by atoms with Crippen molar-refractivity contribution in [2.75, 3.05) is 5.32 Å². The van der Waals surface area contributed by atoms with Crippen LogP contribution >= 0.6 is 0 Å². The number of carbonyl (C=O) groups excluding carboxylic acids is 2. The van der Waals surface area contributed by atoms with Gasteiger partial charge in [-0.3, -0.25) is 4.79 Å². The molecule has 0 heterocycles. The maximum Gasteiger partial charge on any atom is 0.319 e. The summed E-state index contributed by atoms with van der Waals surface area (Å²) in [5.41, 5.74) is 6.18. The highest BCUT2D eigenvalue weighted by Crippen LogP contribution is 2.24. The molecule has 0 aliphatic heterocycles. The van der Waals surface area contributed by atoms with Gasteiger partial charge in [-0.25, -0.2) is 4.79 Å². The molecule has 0 radical (unpaired) electrons. The van der Waals surface area contributed by atoms with E-state index in [-0.39, 0.29) is 18.0 Å². The minimum absolute atomic E-state index is 0.130. The van der Waals surface area contributed by atoms with Gasteiger partial charge in [-0.05, 0) is 57.2 Å². The van der Waals surface area contributed by atoms with Crippen molar-refractivity contribution in [1.82, 2.24) is 5.32 Å². The average molecular weight is 319 g/mol. The summed E-state index contributed by atoms with van der Waals surface area (Å²) in [5, 5.41) is 5.72. The predicted octanol–water partition coefficient (Wildman–Crippen LogP) is 3.40. The lowest BCUT2D eigenvalue weighted by Gasteiger charge is -2.21. The molecular weight excluding hydrogens is 290 g/mol. The fourth-order valence-corrected chi connectivity index (χ4v) is 2.16. The minimum Gasteiger partial charge on any atom is -0.369 e. The first-order chi connectivity index (χ1) is 10.6. The molecule has 5 nitrogen and oxygen atoms in total. The van der Waals surface area contributed by atoms with Gasteiger partial charge in [0.1, 0.15) is 0 Å². The molecule has 5 heteroatoms. The second kappa shape index (κ2) is 7.99. The molecule has 0 spiro atoms. The number of urea groups is 1. The molecule has 0 saturated heterocycles. The summed E-state index contributed by atoms with van der Waals surface area (Å²) in [7, 11) is 0. The van der Waals surface area contributed by atoms with Crippen molar-refractivity contribution in [3.8, 4) is 0 Å². The predicted molar refractivity (Wildman–Crippen MR) is 94.4 cm³/mol. The Morgan fingerprint density at radius 1 is 1.09 bits per heavy atom. The van der Waals surface area contributed by atoms with Crippen LogP contribution in [0.5, 0.6) is 0 Å². The Morgan fingerprint density at radius 2 is 1.65 bits per heavy atom. The summed E-state index contributed by atoms with van der Waals surface area (Å²) in [6, 6.07) is 7.08. The van der Waals surface area contributed by atoms with Crippen molar-refractivity contribution in [2.45, 2.75) is 58.9 Å². The van der Waals surface area contributed by atoms with Gasteiger partial charge in [0, 0.05) is 11.7 Å². The molecule has 3 amide bonds. The van der Waals surface area contributed by atoms with Crippen LogP contribution in [-0.2, 0) is 10.2 Å². The molecule has 0 aliphatic rings. The molecular formula is C18H29N3O2. The summed E-state index contributed by atoms with van der Waals surface area (Å²) in [6.07, 6.45) is 2.04. The average Bonchev–Trinajstić information content (AvgIpc) is 2.45. The Hall–Kier alpha value is -2.04. The zero-order valence-electron chi connectivity index (χ0n) is 14.8. The molecule has 0 aromatic heterocycles. The molecule has 1 aromatic rings. The third kappa shape index (κ3) is 5.93. The van der Waals surface area contributed by atoms with Crippen molar-refractivity contribution >= 4 is 17.6 Å². The quantitative estimate of drug-likeness (QED) is 0.719. The van der Waals surface area contributed by atoms with Crippen LogP contribution in [0.3, 0.4) is 0 Å². The first-order valence-corrected chi connectivity index (χ1v) is 8.11. The van der Waals surface area contributed by atoms with Gasteiger partial charge in [0.25, 0.3) is 0 Å². The van der Waals surface area contributed by atoms with Crippen molar-refractivity contribution in [2.24, 2.45) is 11.7 Å². The first kappa shape index (κ1) is 19.0. The molecule has 1 aromatic carbocycles. The van der Waals surface area contributed by atoms with Crippen LogP contribution in [0.2, 0.25) is 0 Å². The minimum atomic E-state index is -0.730. The van der Waals surface area contributed by atoms with E-state index in [1.807, 2.05) is 19.1 Å². The van der Waals surface area contributed by atoms with Crippen molar-refractivity contribution in [3.05, 3.63) is 29.8 Å². The standard InChI is InChI=1S/C18H29N3O2/c1-12(2)6-7-13(3)20-17(23)21-15-10-8-14(9-11-15)18(4,5)16(19)22/h8-13H,6-7H2,1-5H3,(H2,19,22)(H2,20,21,23). The lowest BCUT2D eigenvalue weighted by atomic mass is 9.84. The molecule has 128 valence electrons. The van der Waals surface area contributed by atoms with E-state index < -0.39 is 5.41 Å². The number of carbonyl (C=O) groups is 2. The van der Waals surface area contributed by atoms with E-state index in [1.54, 1.807) is 26.0 Å². The van der Waals surface area contributed by atoms with Gasteiger partial charge < -0.3 is 16.4 Å². The first-order valence-electron chi connectivity index (χ1n) is 8.11. The number of nitrogens with two attached hydrogens (primary N) is 1. The van der Waals surface area contributed by atoms with E-state index in [2.05, 4.69) is 24.5 Å². The van der Waals surface area contributed by atoms with Crippen LogP contribution in [0, 0.1) is 5.92 Å². The Morgan fingerprint density at radius 3 is 2.13 bits per heavy atom. The maximum absolute atomic E-state index is 12.0. The Kier molecular flexibility index (Phi) is 6.61. The highest BCUT2D eigenvalue weighted by molar-refractivity contribution is 5.90. The fraction of sp³-hybridized carbons (Fsp3) is 0.556. The molecule has 0 aliphatic carbocycles. The van der Waals surface area contributed by atoms with E-state index in [4.69, 9.17) is 5.73 Å². The summed E-state index contributed by atoms with van der Waals surface area (Å²) < 4.78 is 0. The zero-order chi connectivity index (χ0) is 17.6. The van der Waals surface area contributed by atoms with Gasteiger partial charge in [0.2, 0.25) is 5.91 Å². The highest BCUT2D eigenvalue weighted by Gasteiger charge is 2.27. The largest absolute Gasteiger partial charge is 0.369 e. The third-order valence-electron chi connectivity index (χ3n) is 4.03. The van der Waals surface area contributed by atoms with E-state index in [9.17, 15) is 9.59 Å². The van der Waals surface area contributed by atoms with E-state index >= 15 is 0 Å². The molecule has 1 rings (SSSR count). The maximum atomic E-state index is 12.0. The van der Waals surface area contributed by atoms with Crippen molar-refractivity contribution < 1.29 is 9.59 Å². The number of hydrogen-bond acceptors (Lipinski definition) is 2. The number of benzene rings is 1. The monoisotopic (exact) mass is 319 g/mol. The topological polar surface area (TPSA) is 84.2 Å². The molecule has 0 fully saturated rings. The fourth-order valence-electron chi connectivity index (χ4n) is 2.16. The van der Waals surface area contributed by atoms with Crippen LogP contribution in [-0.4, -0.2) is 18.0 Å². The molecule has 23 heavy (non-hydrogen) atoms. The Labute approximate surface area is 139 Å². The summed E-state index contributed by atoms with van der Waals surface area (Å²) in [6.45, 7) is 9.89. The highest BCUT2D eigenvalue weighted by atomic mass is 16.2. The summed E-state index contributed by atoms with van der Waals surface area (Å²) in [5.74, 6) is 0.249. The molecule has 0 bridgehead atoms. The summed E-state index contributed by atoms with van der Waals surface area (Å²) >= 11 is 0. The van der Waals surface area contributed by atoms with Crippen molar-refractivity contribution in [3.63, 3.8) is 0 Å². The number of anilines is 1. The van der Waals surface area contributed by atoms with Crippen LogP contribution in [0.25, 0.3) is 0 Å². The Balaban J connectivity index is 2.58. The van der Waals surface area contributed by atoms with Gasteiger partial charge >= 0.3 is 6.03 Å². The van der Waals surface area contributed by atoms with Gasteiger partial charge in [-0.1, -0.05) is 26.0 Å². The van der Waals surface area contributed by atoms with Gasteiger partial charge in [-0.2, -0.15) is 0 Å². The van der Waals surface area contributed by atoms with Crippen LogP contribution in [0.1, 0.15) is 53.0 Å². The van der Waals surface area contributed by atoms with E-state index in [0.717, 1.165) is 18.4 Å². The van der Waals surface area contributed by atoms with Gasteiger partial charge in [0.05, 0.1) is 5.41 Å². The second-order valence-electron chi connectivity index (χ2n) is 7.04. The molecule has 0 saturated carbocycles. The van der Waals surface area contributed by atoms with Crippen LogP contribution in [0.15, 0.2) is 24.3 Å². The number of hydrogen-bond donors (Lipinski definition) is 3. The van der Waals surface area contributed by atoms with Crippen LogP contribution in [0.4, 0.5) is 10.5 Å². The van der Waals surface area contributed by atoms with E-state index in [0.29, 0.717) is 11.6 Å². The normalized spacial score (nSPS) is 12.8. The smallest absolute Gasteiger partial charge is 0.319 e.